The van der Waals surface area contributed by atoms with Crippen LogP contribution in [0.5, 0.6) is 0 Å². The number of carbonyl (C=O) groups is 7. The zero-order chi connectivity index (χ0) is 34.8. The van der Waals surface area contributed by atoms with Crippen molar-refractivity contribution in [1.82, 2.24) is 20.6 Å². The van der Waals surface area contributed by atoms with Crippen molar-refractivity contribution in [3.63, 3.8) is 0 Å². The van der Waals surface area contributed by atoms with Crippen LogP contribution >= 0.6 is 23.5 Å². The third kappa shape index (κ3) is 10.4. The summed E-state index contributed by atoms with van der Waals surface area (Å²) in [4.78, 5) is 94.0. The van der Waals surface area contributed by atoms with Crippen LogP contribution in [0.25, 0.3) is 0 Å². The zero-order valence-corrected chi connectivity index (χ0v) is 28.1. The second kappa shape index (κ2) is 17.2. The summed E-state index contributed by atoms with van der Waals surface area (Å²) < 4.78 is 0. The first kappa shape index (κ1) is 37.3. The van der Waals surface area contributed by atoms with Gasteiger partial charge in [0.2, 0.25) is 11.8 Å². The van der Waals surface area contributed by atoms with Crippen molar-refractivity contribution < 1.29 is 43.8 Å². The SMILES string of the molecule is CC(=O)N[C@@H](CSC(c1ccc(C(C)=O)cc1)C1CCCC(C(SC[C@H](NC(C)=O)C(=O)O)c2cnc(C(C)=O)cn2)C1=O)C(=O)O. The Morgan fingerprint density at radius 2 is 1.28 bits per heavy atom. The van der Waals surface area contributed by atoms with E-state index in [1.54, 1.807) is 24.3 Å². The van der Waals surface area contributed by atoms with Gasteiger partial charge in [-0.05, 0) is 25.3 Å². The van der Waals surface area contributed by atoms with E-state index < -0.39 is 58.2 Å². The number of nitrogens with zero attached hydrogens (tertiary/aromatic N) is 2. The van der Waals surface area contributed by atoms with Crippen molar-refractivity contribution in [3.8, 4) is 0 Å². The highest BCUT2D eigenvalue weighted by Gasteiger charge is 2.42. The highest BCUT2D eigenvalue weighted by Crippen LogP contribution is 2.48. The van der Waals surface area contributed by atoms with Crippen molar-refractivity contribution in [3.05, 3.63) is 59.2 Å². The molecule has 1 fully saturated rings. The molecule has 252 valence electrons. The minimum absolute atomic E-state index is 0.0321. The summed E-state index contributed by atoms with van der Waals surface area (Å²) in [5, 5.41) is 23.0. The summed E-state index contributed by atoms with van der Waals surface area (Å²) in [5.41, 5.74) is 1.68. The molecule has 0 bridgehead atoms. The van der Waals surface area contributed by atoms with E-state index in [0.717, 1.165) is 11.8 Å². The number of aromatic nitrogens is 2. The fourth-order valence-electron chi connectivity index (χ4n) is 5.38. The van der Waals surface area contributed by atoms with E-state index in [9.17, 15) is 43.8 Å². The lowest BCUT2D eigenvalue weighted by Crippen LogP contribution is -2.42. The van der Waals surface area contributed by atoms with Gasteiger partial charge < -0.3 is 20.8 Å². The van der Waals surface area contributed by atoms with E-state index in [1.807, 2.05) is 0 Å². The van der Waals surface area contributed by atoms with Crippen LogP contribution < -0.4 is 10.6 Å². The highest BCUT2D eigenvalue weighted by atomic mass is 32.2. The number of nitrogens with one attached hydrogen (secondary N) is 2. The Bertz CT molecular complexity index is 1390. The first-order chi connectivity index (χ1) is 22.2. The van der Waals surface area contributed by atoms with Gasteiger partial charge >= 0.3 is 11.9 Å². The van der Waals surface area contributed by atoms with E-state index in [1.165, 1.54) is 51.9 Å². The van der Waals surface area contributed by atoms with Gasteiger partial charge in [-0.1, -0.05) is 30.7 Å². The van der Waals surface area contributed by atoms with Gasteiger partial charge in [-0.3, -0.25) is 29.0 Å². The monoisotopic (exact) mass is 686 g/mol. The maximum atomic E-state index is 14.5. The first-order valence-corrected chi connectivity index (χ1v) is 17.0. The van der Waals surface area contributed by atoms with E-state index in [0.29, 0.717) is 36.1 Å². The van der Waals surface area contributed by atoms with Crippen LogP contribution in [0, 0.1) is 11.8 Å². The molecule has 1 aromatic carbocycles. The number of hydrogen-bond acceptors (Lipinski definition) is 11. The predicted octanol–water partition coefficient (Wildman–Crippen LogP) is 3.29. The molecule has 3 rings (SSSR count). The van der Waals surface area contributed by atoms with Gasteiger partial charge in [0.15, 0.2) is 11.6 Å². The van der Waals surface area contributed by atoms with Gasteiger partial charge in [-0.15, -0.1) is 11.8 Å². The number of carbonyl (C=O) groups excluding carboxylic acids is 5. The fraction of sp³-hybridized carbons (Fsp3) is 0.469. The quantitative estimate of drug-likeness (QED) is 0.187. The number of aliphatic carboxylic acids is 2. The topological polar surface area (TPSA) is 210 Å². The number of rotatable bonds is 16. The van der Waals surface area contributed by atoms with Crippen molar-refractivity contribution in [1.29, 1.82) is 0 Å². The average Bonchev–Trinajstić information content (AvgIpc) is 3.01. The molecule has 0 spiro atoms. The van der Waals surface area contributed by atoms with Crippen LogP contribution in [0.15, 0.2) is 36.7 Å². The number of Topliss-reactive ketones (excluding diaryl/α,β-unsaturated/α-hetero) is 3. The normalized spacial score (nSPS) is 18.7. The molecule has 1 aliphatic carbocycles. The Kier molecular flexibility index (Phi) is 13.6. The van der Waals surface area contributed by atoms with Crippen LogP contribution in [0.4, 0.5) is 0 Å². The summed E-state index contributed by atoms with van der Waals surface area (Å²) in [6.45, 7) is 5.21. The molecule has 0 aliphatic heterocycles. The highest BCUT2D eigenvalue weighted by molar-refractivity contribution is 7.99. The van der Waals surface area contributed by atoms with E-state index >= 15 is 0 Å². The molecule has 4 unspecified atom stereocenters. The Morgan fingerprint density at radius 3 is 1.70 bits per heavy atom. The van der Waals surface area contributed by atoms with Gasteiger partial charge in [0, 0.05) is 54.9 Å². The molecule has 0 radical (unpaired) electrons. The minimum atomic E-state index is -1.24. The third-order valence-electron chi connectivity index (χ3n) is 7.70. The number of amides is 2. The smallest absolute Gasteiger partial charge is 0.327 e. The van der Waals surface area contributed by atoms with Crippen molar-refractivity contribution in [2.75, 3.05) is 11.5 Å². The van der Waals surface area contributed by atoms with Gasteiger partial charge in [-0.2, -0.15) is 11.8 Å². The molecule has 13 nitrogen and oxygen atoms in total. The molecule has 0 saturated heterocycles. The van der Waals surface area contributed by atoms with Gasteiger partial charge in [0.25, 0.3) is 0 Å². The van der Waals surface area contributed by atoms with E-state index in [-0.39, 0.29) is 34.5 Å². The Hall–Kier alpha value is -4.11. The van der Waals surface area contributed by atoms with Crippen molar-refractivity contribution >= 4 is 64.6 Å². The molecule has 4 N–H and O–H groups in total. The summed E-state index contributed by atoms with van der Waals surface area (Å²) >= 11 is 2.37. The lowest BCUT2D eigenvalue weighted by Gasteiger charge is -2.37. The summed E-state index contributed by atoms with van der Waals surface area (Å²) in [6.07, 6.45) is 4.25. The minimum Gasteiger partial charge on any atom is -0.480 e. The molecule has 15 heteroatoms. The van der Waals surface area contributed by atoms with Crippen LogP contribution in [0.3, 0.4) is 0 Å². The predicted molar refractivity (Wildman–Crippen MR) is 175 cm³/mol. The lowest BCUT2D eigenvalue weighted by atomic mass is 9.75. The van der Waals surface area contributed by atoms with Crippen LogP contribution in [0.2, 0.25) is 0 Å². The molecule has 2 amide bonds. The lowest BCUT2D eigenvalue weighted by molar-refractivity contribution is -0.141. The standard InChI is InChI=1S/C32H38N4O9S2/c1-16(37)20-8-10-21(11-9-20)29(46-14-26(31(42)43)35-18(3)39)22-6-5-7-23(28(22)41)30(25-13-33-24(12-34-25)17(2)38)47-15-27(32(44)45)36-19(4)40/h8-13,22-23,26-27,29-30H,5-7,14-15H2,1-4H3,(H,35,39)(H,36,40)(H,42,43)(H,44,45)/t22?,23?,26-,27-,29?,30?/m0/s1. The molecule has 1 heterocycles. The largest absolute Gasteiger partial charge is 0.480 e. The van der Waals surface area contributed by atoms with Gasteiger partial charge in [0.1, 0.15) is 23.6 Å². The van der Waals surface area contributed by atoms with Crippen molar-refractivity contribution in [2.24, 2.45) is 11.8 Å². The summed E-state index contributed by atoms with van der Waals surface area (Å²) in [7, 11) is 0. The number of benzene rings is 1. The van der Waals surface area contributed by atoms with Crippen LogP contribution in [0.1, 0.15) is 89.6 Å². The number of ketones is 3. The van der Waals surface area contributed by atoms with Crippen LogP contribution in [-0.2, 0) is 24.0 Å². The average molecular weight is 687 g/mol. The Morgan fingerprint density at radius 1 is 0.766 bits per heavy atom. The second-order valence-corrected chi connectivity index (χ2v) is 13.6. The maximum Gasteiger partial charge on any atom is 0.327 e. The molecule has 1 aliphatic rings. The van der Waals surface area contributed by atoms with Crippen molar-refractivity contribution in [2.45, 2.75) is 69.5 Å². The van der Waals surface area contributed by atoms with Crippen LogP contribution in [-0.4, -0.2) is 84.9 Å². The first-order valence-electron chi connectivity index (χ1n) is 14.9. The second-order valence-electron chi connectivity index (χ2n) is 11.3. The van der Waals surface area contributed by atoms with Gasteiger partial charge in [-0.25, -0.2) is 14.6 Å². The Balaban J connectivity index is 2.01. The Labute approximate surface area is 280 Å². The van der Waals surface area contributed by atoms with E-state index in [4.69, 9.17) is 0 Å². The number of carboxylic acid groups (broad SMARTS) is 2. The third-order valence-corrected chi connectivity index (χ3v) is 10.6. The molecular weight excluding hydrogens is 649 g/mol. The zero-order valence-electron chi connectivity index (χ0n) is 26.4. The van der Waals surface area contributed by atoms with E-state index in [2.05, 4.69) is 20.6 Å². The summed E-state index contributed by atoms with van der Waals surface area (Å²) in [5.74, 6) is -5.44. The summed E-state index contributed by atoms with van der Waals surface area (Å²) in [6, 6.07) is 4.34. The molecule has 1 aromatic heterocycles. The molecular formula is C32H38N4O9S2. The van der Waals surface area contributed by atoms with Gasteiger partial charge in [0.05, 0.1) is 23.3 Å². The number of carboxylic acids is 2. The molecule has 47 heavy (non-hydrogen) atoms. The molecule has 1 saturated carbocycles. The molecule has 2 aromatic rings. The maximum absolute atomic E-state index is 14.5. The molecule has 6 atom stereocenters. The number of thioether (sulfide) groups is 2. The fourth-order valence-corrected chi connectivity index (χ4v) is 8.28. The number of hydrogen-bond donors (Lipinski definition) is 4.